The lowest BCUT2D eigenvalue weighted by Gasteiger charge is -2.17. The van der Waals surface area contributed by atoms with Crippen LogP contribution in [0, 0.1) is 5.41 Å². The van der Waals surface area contributed by atoms with Crippen molar-refractivity contribution < 1.29 is 0 Å². The largest absolute Gasteiger partial charge is 0.384 e. The van der Waals surface area contributed by atoms with Gasteiger partial charge < -0.3 is 5.73 Å². The topological polar surface area (TPSA) is 88.5 Å². The summed E-state index contributed by atoms with van der Waals surface area (Å²) in [5.41, 5.74) is 8.76. The third-order valence-corrected chi connectivity index (χ3v) is 4.80. The molecule has 5 nitrogen and oxygen atoms in total. The molecule has 0 fully saturated rings. The predicted molar refractivity (Wildman–Crippen MR) is 75.9 cm³/mol. The lowest BCUT2D eigenvalue weighted by Crippen LogP contribution is -2.16. The third kappa shape index (κ3) is 2.62. The molecule has 0 aromatic carbocycles. The van der Waals surface area contributed by atoms with Gasteiger partial charge in [0, 0.05) is 11.3 Å². The van der Waals surface area contributed by atoms with Crippen molar-refractivity contribution in [1.82, 2.24) is 14.3 Å². The maximum Gasteiger partial charge on any atom is 0.176 e. The van der Waals surface area contributed by atoms with Crippen molar-refractivity contribution >= 4 is 29.1 Å². The Morgan fingerprint density at radius 3 is 2.95 bits per heavy atom. The molecule has 0 saturated carbocycles. The number of nitrogen functional groups attached to an aromatic ring is 1. The smallest absolute Gasteiger partial charge is 0.176 e. The van der Waals surface area contributed by atoms with Crippen LogP contribution < -0.4 is 5.73 Å². The van der Waals surface area contributed by atoms with Crippen LogP contribution in [0.3, 0.4) is 0 Å². The zero-order chi connectivity index (χ0) is 13.2. The summed E-state index contributed by atoms with van der Waals surface area (Å²) in [7, 11) is 0. The van der Waals surface area contributed by atoms with Gasteiger partial charge in [0.25, 0.3) is 0 Å². The molecule has 0 bridgehead atoms. The number of nitrogens with one attached hydrogen (secondary N) is 1. The number of hydrogen-bond donors (Lipinski definition) is 2. The first-order valence-electron chi connectivity index (χ1n) is 6.06. The van der Waals surface area contributed by atoms with Gasteiger partial charge in [-0.25, -0.2) is 9.97 Å². The van der Waals surface area contributed by atoms with E-state index in [1.165, 1.54) is 48.0 Å². The Balaban J connectivity index is 2.03. The molecule has 3 rings (SSSR count). The first kappa shape index (κ1) is 12.6. The third-order valence-electron chi connectivity index (χ3n) is 3.08. The summed E-state index contributed by atoms with van der Waals surface area (Å²) in [5, 5.41) is 8.48. The molecule has 7 heteroatoms. The molecule has 1 aliphatic rings. The van der Waals surface area contributed by atoms with Gasteiger partial charge in [0.1, 0.15) is 17.2 Å². The van der Waals surface area contributed by atoms with E-state index in [4.69, 9.17) is 16.1 Å². The quantitative estimate of drug-likeness (QED) is 0.669. The van der Waals surface area contributed by atoms with Crippen LogP contribution in [0.5, 0.6) is 0 Å². The van der Waals surface area contributed by atoms with Crippen molar-refractivity contribution in [2.45, 2.75) is 35.0 Å². The number of fused-ring (bicyclic) bond motifs is 1. The first-order valence-corrected chi connectivity index (χ1v) is 7.65. The predicted octanol–water partition coefficient (Wildman–Crippen LogP) is 2.25. The van der Waals surface area contributed by atoms with Crippen LogP contribution in [0.2, 0.25) is 0 Å². The minimum absolute atomic E-state index is 0.0629. The van der Waals surface area contributed by atoms with Crippen LogP contribution in [-0.4, -0.2) is 20.2 Å². The molecule has 0 aliphatic heterocycles. The normalized spacial score (nSPS) is 14.1. The molecule has 0 unspecified atom stereocenters. The molecule has 0 atom stereocenters. The minimum Gasteiger partial charge on any atom is -0.384 e. The van der Waals surface area contributed by atoms with Gasteiger partial charge in [-0.2, -0.15) is 4.37 Å². The van der Waals surface area contributed by atoms with Crippen LogP contribution in [0.15, 0.2) is 21.8 Å². The molecule has 2 heterocycles. The van der Waals surface area contributed by atoms with Crippen molar-refractivity contribution in [3.8, 4) is 0 Å². The molecule has 19 heavy (non-hydrogen) atoms. The zero-order valence-corrected chi connectivity index (χ0v) is 11.9. The minimum atomic E-state index is 0.0629. The number of rotatable bonds is 3. The molecule has 2 aromatic rings. The van der Waals surface area contributed by atoms with E-state index in [1.807, 2.05) is 6.07 Å². The van der Waals surface area contributed by atoms with E-state index >= 15 is 0 Å². The van der Waals surface area contributed by atoms with Gasteiger partial charge >= 0.3 is 0 Å². The molecule has 0 spiro atoms. The van der Waals surface area contributed by atoms with Gasteiger partial charge in [0.15, 0.2) is 4.34 Å². The average molecular weight is 291 g/mol. The molecular formula is C12H13N5S2. The van der Waals surface area contributed by atoms with Crippen molar-refractivity contribution in [3.05, 3.63) is 29.2 Å². The van der Waals surface area contributed by atoms with Crippen LogP contribution in [-0.2, 0) is 12.8 Å². The van der Waals surface area contributed by atoms with Crippen molar-refractivity contribution in [3.63, 3.8) is 0 Å². The van der Waals surface area contributed by atoms with E-state index < -0.39 is 0 Å². The summed E-state index contributed by atoms with van der Waals surface area (Å²) in [5.74, 6) is 0.0629. The van der Waals surface area contributed by atoms with Crippen molar-refractivity contribution in [2.75, 3.05) is 0 Å². The first-order chi connectivity index (χ1) is 9.24. The molecule has 2 aromatic heterocycles. The summed E-state index contributed by atoms with van der Waals surface area (Å²) in [6.07, 6.45) is 5.94. The van der Waals surface area contributed by atoms with E-state index in [0.29, 0.717) is 5.56 Å². The molecule has 0 saturated heterocycles. The highest BCUT2D eigenvalue weighted by Crippen LogP contribution is 2.32. The maximum atomic E-state index is 7.71. The lowest BCUT2D eigenvalue weighted by molar-refractivity contribution is 0.660. The van der Waals surface area contributed by atoms with E-state index in [2.05, 4.69) is 9.36 Å². The Kier molecular flexibility index (Phi) is 3.48. The van der Waals surface area contributed by atoms with E-state index in [0.717, 1.165) is 27.9 Å². The molecular weight excluding hydrogens is 278 g/mol. The summed E-state index contributed by atoms with van der Waals surface area (Å²) in [4.78, 5) is 8.83. The summed E-state index contributed by atoms with van der Waals surface area (Å²) < 4.78 is 4.80. The summed E-state index contributed by atoms with van der Waals surface area (Å²) >= 11 is 2.76. The Morgan fingerprint density at radius 2 is 2.21 bits per heavy atom. The van der Waals surface area contributed by atoms with Gasteiger partial charge in [-0.3, -0.25) is 5.41 Å². The van der Waals surface area contributed by atoms with Gasteiger partial charge in [0.05, 0.1) is 0 Å². The maximum absolute atomic E-state index is 7.71. The zero-order valence-electron chi connectivity index (χ0n) is 10.2. The highest BCUT2D eigenvalue weighted by molar-refractivity contribution is 8.01. The molecule has 1 aliphatic carbocycles. The number of nitrogens with zero attached hydrogens (tertiary/aromatic N) is 3. The van der Waals surface area contributed by atoms with E-state index in [-0.39, 0.29) is 5.84 Å². The summed E-state index contributed by atoms with van der Waals surface area (Å²) in [6, 6.07) is 2.02. The second-order valence-corrected chi connectivity index (χ2v) is 6.39. The highest BCUT2D eigenvalue weighted by atomic mass is 32.2. The van der Waals surface area contributed by atoms with Gasteiger partial charge in [0.2, 0.25) is 0 Å². The van der Waals surface area contributed by atoms with Crippen LogP contribution in [0.1, 0.15) is 29.7 Å². The standard InChI is InChI=1S/C12H13N5S2/c13-10(14)8-5-7-3-1-2-4-9(7)17-11(8)18-12-15-6-16-19-12/h5-6H,1-4H2,(H3,13,14). The molecule has 0 radical (unpaired) electrons. The number of hydrogen-bond acceptors (Lipinski definition) is 6. The van der Waals surface area contributed by atoms with Crippen molar-refractivity contribution in [1.29, 1.82) is 5.41 Å². The Morgan fingerprint density at radius 1 is 1.37 bits per heavy atom. The van der Waals surface area contributed by atoms with Crippen molar-refractivity contribution in [2.24, 2.45) is 5.73 Å². The average Bonchev–Trinajstić information content (AvgIpc) is 2.90. The van der Waals surface area contributed by atoms with Gasteiger partial charge in [-0.15, -0.1) is 0 Å². The van der Waals surface area contributed by atoms with Crippen LogP contribution in [0.25, 0.3) is 0 Å². The van der Waals surface area contributed by atoms with Gasteiger partial charge in [-0.1, -0.05) is 0 Å². The molecule has 3 N–H and O–H groups in total. The SMILES string of the molecule is N=C(N)c1cc2c(nc1Sc1ncns1)CCCC2. The fraction of sp³-hybridized carbons (Fsp3) is 0.333. The Labute approximate surface area is 119 Å². The fourth-order valence-corrected chi connectivity index (χ4v) is 3.67. The highest BCUT2D eigenvalue weighted by Gasteiger charge is 2.18. The van der Waals surface area contributed by atoms with Gasteiger partial charge in [-0.05, 0) is 60.6 Å². The number of aromatic nitrogens is 3. The lowest BCUT2D eigenvalue weighted by atomic mass is 9.95. The Bertz CT molecular complexity index is 609. The van der Waals surface area contributed by atoms with E-state index in [1.54, 1.807) is 0 Å². The fourth-order valence-electron chi connectivity index (χ4n) is 2.18. The second kappa shape index (κ2) is 5.26. The summed E-state index contributed by atoms with van der Waals surface area (Å²) in [6.45, 7) is 0. The number of amidine groups is 1. The Hall–Kier alpha value is -1.47. The van der Waals surface area contributed by atoms with Crippen LogP contribution >= 0.6 is 23.3 Å². The second-order valence-electron chi connectivity index (χ2n) is 4.38. The molecule has 0 amide bonds. The molecule has 98 valence electrons. The van der Waals surface area contributed by atoms with E-state index in [9.17, 15) is 0 Å². The van der Waals surface area contributed by atoms with Crippen LogP contribution in [0.4, 0.5) is 0 Å². The number of aryl methyl sites for hydroxylation is 2. The number of pyridine rings is 1. The number of nitrogens with two attached hydrogens (primary N) is 1. The monoisotopic (exact) mass is 291 g/mol.